The molecular formula is C18H15ClN2O2S. The van der Waals surface area contributed by atoms with Crippen molar-refractivity contribution in [3.8, 4) is 5.75 Å². The van der Waals surface area contributed by atoms with Crippen LogP contribution in [0.3, 0.4) is 0 Å². The van der Waals surface area contributed by atoms with Crippen molar-refractivity contribution in [2.24, 2.45) is 0 Å². The molecule has 4 nitrogen and oxygen atoms in total. The van der Waals surface area contributed by atoms with Gasteiger partial charge in [-0.1, -0.05) is 35.9 Å². The van der Waals surface area contributed by atoms with Crippen LogP contribution in [0.25, 0.3) is 0 Å². The molecule has 1 heterocycles. The molecular weight excluding hydrogens is 344 g/mol. The molecule has 0 radical (unpaired) electrons. The molecule has 0 aliphatic rings. The molecule has 0 saturated heterocycles. The Morgan fingerprint density at radius 3 is 2.71 bits per heavy atom. The lowest BCUT2D eigenvalue weighted by atomic mass is 10.3. The number of ether oxygens (including phenoxy) is 1. The summed E-state index contributed by atoms with van der Waals surface area (Å²) >= 11 is 7.34. The number of aromatic nitrogens is 1. The number of nitrogens with zero attached hydrogens (tertiary/aromatic N) is 2. The quantitative estimate of drug-likeness (QED) is 0.640. The summed E-state index contributed by atoms with van der Waals surface area (Å²) in [5.74, 6) is 0.599. The maximum atomic E-state index is 12.0. The zero-order chi connectivity index (χ0) is 16.9. The number of hydrogen-bond donors (Lipinski definition) is 0. The Morgan fingerprint density at radius 1 is 1.21 bits per heavy atom. The number of carbonyl (C=O) groups is 1. The number of halogens is 1. The van der Waals surface area contributed by atoms with E-state index in [1.807, 2.05) is 47.8 Å². The van der Waals surface area contributed by atoms with Crippen LogP contribution in [0.5, 0.6) is 5.75 Å². The summed E-state index contributed by atoms with van der Waals surface area (Å²) in [6, 6.07) is 16.7. The van der Waals surface area contributed by atoms with Gasteiger partial charge in [-0.25, -0.2) is 4.98 Å². The molecule has 1 amide bonds. The molecule has 6 heteroatoms. The van der Waals surface area contributed by atoms with Gasteiger partial charge in [0.05, 0.1) is 11.4 Å². The fourth-order valence-corrected chi connectivity index (χ4v) is 3.24. The monoisotopic (exact) mass is 358 g/mol. The van der Waals surface area contributed by atoms with E-state index in [0.717, 1.165) is 11.4 Å². The summed E-state index contributed by atoms with van der Waals surface area (Å²) < 4.78 is 5.69. The Hall–Kier alpha value is -2.37. The number of para-hydroxylation sites is 1. The standard InChI is InChI=1S/C18H15ClN2O2S/c1-13(22)21(16-7-3-2-4-8-16)18-20-15(12-24-18)11-23-17-9-5-6-14(19)10-17/h2-10,12H,11H2,1H3. The van der Waals surface area contributed by atoms with Crippen molar-refractivity contribution in [3.63, 3.8) is 0 Å². The number of hydrogen-bond acceptors (Lipinski definition) is 4. The molecule has 122 valence electrons. The molecule has 0 fully saturated rings. The van der Waals surface area contributed by atoms with Crippen molar-refractivity contribution in [2.75, 3.05) is 4.90 Å². The zero-order valence-electron chi connectivity index (χ0n) is 13.0. The molecule has 0 aliphatic carbocycles. The average Bonchev–Trinajstić information content (AvgIpc) is 3.02. The van der Waals surface area contributed by atoms with Crippen LogP contribution in [-0.2, 0) is 11.4 Å². The highest BCUT2D eigenvalue weighted by Crippen LogP contribution is 2.29. The molecule has 0 atom stereocenters. The summed E-state index contributed by atoms with van der Waals surface area (Å²) in [4.78, 5) is 18.1. The minimum absolute atomic E-state index is 0.0853. The van der Waals surface area contributed by atoms with Crippen LogP contribution in [0.4, 0.5) is 10.8 Å². The van der Waals surface area contributed by atoms with Crippen LogP contribution >= 0.6 is 22.9 Å². The van der Waals surface area contributed by atoms with Gasteiger partial charge in [-0.3, -0.25) is 9.69 Å². The first-order valence-electron chi connectivity index (χ1n) is 7.32. The minimum Gasteiger partial charge on any atom is -0.487 e. The van der Waals surface area contributed by atoms with E-state index >= 15 is 0 Å². The molecule has 0 spiro atoms. The van der Waals surface area contributed by atoms with Crippen LogP contribution < -0.4 is 9.64 Å². The molecule has 0 unspecified atom stereocenters. The molecule has 2 aromatic carbocycles. The molecule has 0 aliphatic heterocycles. The van der Waals surface area contributed by atoms with E-state index in [9.17, 15) is 4.79 Å². The molecule has 24 heavy (non-hydrogen) atoms. The van der Waals surface area contributed by atoms with Crippen LogP contribution in [0.15, 0.2) is 60.0 Å². The van der Waals surface area contributed by atoms with Gasteiger partial charge in [-0.2, -0.15) is 0 Å². The van der Waals surface area contributed by atoms with Gasteiger partial charge in [0.15, 0.2) is 5.13 Å². The Morgan fingerprint density at radius 2 is 2.00 bits per heavy atom. The van der Waals surface area contributed by atoms with Crippen LogP contribution in [0, 0.1) is 0 Å². The average molecular weight is 359 g/mol. The predicted octanol–water partition coefficient (Wildman–Crippen LogP) is 5.06. The maximum absolute atomic E-state index is 12.0. The first-order valence-corrected chi connectivity index (χ1v) is 8.58. The number of amides is 1. The largest absolute Gasteiger partial charge is 0.487 e. The second-order valence-electron chi connectivity index (χ2n) is 5.06. The highest BCUT2D eigenvalue weighted by Gasteiger charge is 2.17. The third-order valence-electron chi connectivity index (χ3n) is 3.24. The van der Waals surface area contributed by atoms with E-state index in [4.69, 9.17) is 16.3 Å². The first kappa shape index (κ1) is 16.5. The summed E-state index contributed by atoms with van der Waals surface area (Å²) in [6.45, 7) is 1.84. The molecule has 0 saturated carbocycles. The summed E-state index contributed by atoms with van der Waals surface area (Å²) in [6.07, 6.45) is 0. The first-order chi connectivity index (χ1) is 11.6. The number of carbonyl (C=O) groups excluding carboxylic acids is 1. The van der Waals surface area contributed by atoms with Crippen molar-refractivity contribution in [1.82, 2.24) is 4.98 Å². The van der Waals surface area contributed by atoms with Crippen LogP contribution in [0.1, 0.15) is 12.6 Å². The van der Waals surface area contributed by atoms with Crippen molar-refractivity contribution < 1.29 is 9.53 Å². The Labute approximate surface area is 149 Å². The Balaban J connectivity index is 1.75. The highest BCUT2D eigenvalue weighted by molar-refractivity contribution is 7.14. The van der Waals surface area contributed by atoms with Gasteiger partial charge in [0.25, 0.3) is 0 Å². The lowest BCUT2D eigenvalue weighted by Gasteiger charge is -2.17. The second-order valence-corrected chi connectivity index (χ2v) is 6.33. The third kappa shape index (κ3) is 3.93. The van der Waals surface area contributed by atoms with E-state index in [-0.39, 0.29) is 5.91 Å². The van der Waals surface area contributed by atoms with Gasteiger partial charge in [0.2, 0.25) is 5.91 Å². The second kappa shape index (κ2) is 7.47. The Bertz CT molecular complexity index is 836. The number of benzene rings is 2. The van der Waals surface area contributed by atoms with Gasteiger partial charge in [-0.05, 0) is 30.3 Å². The summed E-state index contributed by atoms with van der Waals surface area (Å²) in [5.41, 5.74) is 1.55. The molecule has 0 N–H and O–H groups in total. The van der Waals surface area contributed by atoms with Gasteiger partial charge >= 0.3 is 0 Å². The van der Waals surface area contributed by atoms with Crippen molar-refractivity contribution in [1.29, 1.82) is 0 Å². The molecule has 0 bridgehead atoms. The molecule has 1 aromatic heterocycles. The number of thiazole rings is 1. The van der Waals surface area contributed by atoms with E-state index < -0.39 is 0 Å². The van der Waals surface area contributed by atoms with Crippen molar-refractivity contribution in [2.45, 2.75) is 13.5 Å². The fourth-order valence-electron chi connectivity index (χ4n) is 2.18. The number of anilines is 2. The molecule has 3 aromatic rings. The number of rotatable bonds is 5. The topological polar surface area (TPSA) is 42.4 Å². The highest BCUT2D eigenvalue weighted by atomic mass is 35.5. The lowest BCUT2D eigenvalue weighted by molar-refractivity contribution is -0.115. The smallest absolute Gasteiger partial charge is 0.230 e. The van der Waals surface area contributed by atoms with Gasteiger partial charge in [0, 0.05) is 17.3 Å². The maximum Gasteiger partial charge on any atom is 0.230 e. The van der Waals surface area contributed by atoms with Gasteiger partial charge in [-0.15, -0.1) is 11.3 Å². The summed E-state index contributed by atoms with van der Waals surface area (Å²) in [7, 11) is 0. The van der Waals surface area contributed by atoms with Gasteiger partial charge < -0.3 is 4.74 Å². The molecule has 3 rings (SSSR count). The Kier molecular flexibility index (Phi) is 5.13. The predicted molar refractivity (Wildman–Crippen MR) is 97.2 cm³/mol. The van der Waals surface area contributed by atoms with Gasteiger partial charge in [0.1, 0.15) is 12.4 Å². The lowest BCUT2D eigenvalue weighted by Crippen LogP contribution is -2.22. The van der Waals surface area contributed by atoms with E-state index in [1.54, 1.807) is 17.0 Å². The van der Waals surface area contributed by atoms with Crippen molar-refractivity contribution in [3.05, 3.63) is 70.7 Å². The van der Waals surface area contributed by atoms with Crippen LogP contribution in [-0.4, -0.2) is 10.9 Å². The van der Waals surface area contributed by atoms with E-state index in [1.165, 1.54) is 18.3 Å². The minimum atomic E-state index is -0.0853. The normalized spacial score (nSPS) is 10.4. The third-order valence-corrected chi connectivity index (χ3v) is 4.35. The van der Waals surface area contributed by atoms with E-state index in [0.29, 0.717) is 22.5 Å². The SMILES string of the molecule is CC(=O)N(c1ccccc1)c1nc(COc2cccc(Cl)c2)cs1. The zero-order valence-corrected chi connectivity index (χ0v) is 14.6. The van der Waals surface area contributed by atoms with Crippen LogP contribution in [0.2, 0.25) is 5.02 Å². The fraction of sp³-hybridized carbons (Fsp3) is 0.111. The van der Waals surface area contributed by atoms with Crippen molar-refractivity contribution >= 4 is 39.7 Å². The van der Waals surface area contributed by atoms with E-state index in [2.05, 4.69) is 4.98 Å². The summed E-state index contributed by atoms with van der Waals surface area (Å²) in [5, 5.41) is 3.13.